The second-order valence-electron chi connectivity index (χ2n) is 4.14. The number of aromatic nitrogens is 2. The highest BCUT2D eigenvalue weighted by molar-refractivity contribution is 5.45. The topological polar surface area (TPSA) is 84.8 Å². The standard InChI is InChI=1S/C13H9F3N4O/c1-7-6-19-12(18)20-11(7)21-10-3-2-8(5-17)4-9(10)13(14,15)16/h2-4,6H,1H3,(H2,18,19,20). The number of hydrogen-bond donors (Lipinski definition) is 1. The third kappa shape index (κ3) is 3.20. The summed E-state index contributed by atoms with van der Waals surface area (Å²) < 4.78 is 44.2. The number of halogens is 3. The molecule has 1 heterocycles. The van der Waals surface area contributed by atoms with E-state index in [4.69, 9.17) is 15.7 Å². The zero-order valence-electron chi connectivity index (χ0n) is 10.8. The van der Waals surface area contributed by atoms with Gasteiger partial charge in [0.15, 0.2) is 0 Å². The molecular weight excluding hydrogens is 285 g/mol. The number of ether oxygens (including phenoxy) is 1. The molecule has 2 rings (SSSR count). The van der Waals surface area contributed by atoms with Gasteiger partial charge in [0.05, 0.1) is 17.2 Å². The third-order valence-electron chi connectivity index (χ3n) is 2.56. The van der Waals surface area contributed by atoms with Gasteiger partial charge in [0.25, 0.3) is 0 Å². The van der Waals surface area contributed by atoms with E-state index in [0.29, 0.717) is 5.56 Å². The van der Waals surface area contributed by atoms with Gasteiger partial charge in [-0.2, -0.15) is 23.4 Å². The highest BCUT2D eigenvalue weighted by atomic mass is 19.4. The van der Waals surface area contributed by atoms with Crippen molar-refractivity contribution in [1.82, 2.24) is 9.97 Å². The molecular formula is C13H9F3N4O. The first-order valence-electron chi connectivity index (χ1n) is 5.69. The fourth-order valence-electron chi connectivity index (χ4n) is 1.56. The summed E-state index contributed by atoms with van der Waals surface area (Å²) in [4.78, 5) is 7.45. The lowest BCUT2D eigenvalue weighted by molar-refractivity contribution is -0.138. The van der Waals surface area contributed by atoms with Crippen LogP contribution < -0.4 is 10.5 Å². The third-order valence-corrected chi connectivity index (χ3v) is 2.56. The Balaban J connectivity index is 2.49. The Morgan fingerprint density at radius 1 is 1.33 bits per heavy atom. The Morgan fingerprint density at radius 3 is 2.67 bits per heavy atom. The molecule has 0 saturated carbocycles. The van der Waals surface area contributed by atoms with Crippen LogP contribution in [0.1, 0.15) is 16.7 Å². The molecule has 2 aromatic rings. The molecule has 1 aromatic heterocycles. The van der Waals surface area contributed by atoms with Crippen molar-refractivity contribution in [3.05, 3.63) is 41.1 Å². The van der Waals surface area contributed by atoms with E-state index in [1.54, 1.807) is 13.0 Å². The summed E-state index contributed by atoms with van der Waals surface area (Å²) in [7, 11) is 0. The molecule has 0 fully saturated rings. The molecule has 0 unspecified atom stereocenters. The predicted molar refractivity (Wildman–Crippen MR) is 67.4 cm³/mol. The fourth-order valence-corrected chi connectivity index (χ4v) is 1.56. The van der Waals surface area contributed by atoms with Crippen LogP contribution in [-0.4, -0.2) is 9.97 Å². The van der Waals surface area contributed by atoms with E-state index in [9.17, 15) is 13.2 Å². The maximum Gasteiger partial charge on any atom is 0.420 e. The second-order valence-corrected chi connectivity index (χ2v) is 4.14. The first-order chi connectivity index (χ1) is 9.81. The second kappa shape index (κ2) is 5.28. The number of benzene rings is 1. The van der Waals surface area contributed by atoms with Gasteiger partial charge in [0.2, 0.25) is 11.8 Å². The summed E-state index contributed by atoms with van der Waals surface area (Å²) in [6.45, 7) is 1.58. The van der Waals surface area contributed by atoms with Gasteiger partial charge in [-0.15, -0.1) is 0 Å². The Hall–Kier alpha value is -2.82. The average molecular weight is 294 g/mol. The molecule has 5 nitrogen and oxygen atoms in total. The number of alkyl halides is 3. The zero-order valence-corrected chi connectivity index (χ0v) is 10.8. The van der Waals surface area contributed by atoms with Crippen molar-refractivity contribution in [1.29, 1.82) is 5.26 Å². The van der Waals surface area contributed by atoms with E-state index in [-0.39, 0.29) is 17.4 Å². The van der Waals surface area contributed by atoms with Crippen LogP contribution in [0.5, 0.6) is 11.6 Å². The van der Waals surface area contributed by atoms with Crippen molar-refractivity contribution in [2.24, 2.45) is 0 Å². The van der Waals surface area contributed by atoms with Crippen LogP contribution in [0.3, 0.4) is 0 Å². The molecule has 0 aliphatic rings. The van der Waals surface area contributed by atoms with Crippen molar-refractivity contribution in [3.8, 4) is 17.7 Å². The molecule has 0 aliphatic heterocycles. The molecule has 0 amide bonds. The van der Waals surface area contributed by atoms with Gasteiger partial charge in [-0.05, 0) is 25.1 Å². The number of nitrogen functional groups attached to an aromatic ring is 1. The van der Waals surface area contributed by atoms with E-state index in [1.165, 1.54) is 12.3 Å². The summed E-state index contributed by atoms with van der Waals surface area (Å²) in [5.74, 6) is -0.641. The van der Waals surface area contributed by atoms with Crippen molar-refractivity contribution >= 4 is 5.95 Å². The average Bonchev–Trinajstić information content (AvgIpc) is 2.42. The number of nitriles is 1. The molecule has 2 N–H and O–H groups in total. The largest absolute Gasteiger partial charge is 0.438 e. The van der Waals surface area contributed by atoms with Crippen molar-refractivity contribution in [3.63, 3.8) is 0 Å². The SMILES string of the molecule is Cc1cnc(N)nc1Oc1ccc(C#N)cc1C(F)(F)F. The quantitative estimate of drug-likeness (QED) is 0.920. The van der Waals surface area contributed by atoms with Crippen LogP contribution in [0.25, 0.3) is 0 Å². The lowest BCUT2D eigenvalue weighted by atomic mass is 10.1. The van der Waals surface area contributed by atoms with E-state index in [2.05, 4.69) is 9.97 Å². The predicted octanol–water partition coefficient (Wildman–Crippen LogP) is 3.05. The minimum absolute atomic E-state index is 0.0716. The number of aryl methyl sites for hydroxylation is 1. The molecule has 21 heavy (non-hydrogen) atoms. The van der Waals surface area contributed by atoms with E-state index in [1.807, 2.05) is 0 Å². The lowest BCUT2D eigenvalue weighted by Crippen LogP contribution is -2.08. The van der Waals surface area contributed by atoms with Crippen LogP contribution in [0.2, 0.25) is 0 Å². The molecule has 8 heteroatoms. The first-order valence-corrected chi connectivity index (χ1v) is 5.69. The molecule has 1 aromatic carbocycles. The van der Waals surface area contributed by atoms with Crippen LogP contribution in [0.15, 0.2) is 24.4 Å². The van der Waals surface area contributed by atoms with E-state index < -0.39 is 17.5 Å². The van der Waals surface area contributed by atoms with Crippen LogP contribution in [0, 0.1) is 18.3 Å². The number of anilines is 1. The maximum absolute atomic E-state index is 13.0. The van der Waals surface area contributed by atoms with Crippen LogP contribution in [-0.2, 0) is 6.18 Å². The monoisotopic (exact) mass is 294 g/mol. The normalized spacial score (nSPS) is 11.0. The fraction of sp³-hybridized carbons (Fsp3) is 0.154. The Labute approximate surface area is 117 Å². The molecule has 0 radical (unpaired) electrons. The van der Waals surface area contributed by atoms with E-state index >= 15 is 0 Å². The van der Waals surface area contributed by atoms with Gasteiger partial charge in [-0.1, -0.05) is 0 Å². The minimum atomic E-state index is -4.66. The minimum Gasteiger partial charge on any atom is -0.438 e. The molecule has 108 valence electrons. The summed E-state index contributed by atoms with van der Waals surface area (Å²) >= 11 is 0. The smallest absolute Gasteiger partial charge is 0.420 e. The molecule has 0 bridgehead atoms. The number of hydrogen-bond acceptors (Lipinski definition) is 5. The molecule has 0 saturated heterocycles. The number of nitrogens with zero attached hydrogens (tertiary/aromatic N) is 3. The molecule has 0 spiro atoms. The van der Waals surface area contributed by atoms with Gasteiger partial charge in [-0.3, -0.25) is 0 Å². The van der Waals surface area contributed by atoms with Gasteiger partial charge in [0, 0.05) is 11.8 Å². The lowest BCUT2D eigenvalue weighted by Gasteiger charge is -2.14. The van der Waals surface area contributed by atoms with Gasteiger partial charge in [-0.25, -0.2) is 4.98 Å². The number of rotatable bonds is 2. The van der Waals surface area contributed by atoms with Crippen molar-refractivity contribution in [2.45, 2.75) is 13.1 Å². The van der Waals surface area contributed by atoms with Gasteiger partial charge < -0.3 is 10.5 Å². The maximum atomic E-state index is 13.0. The zero-order chi connectivity index (χ0) is 15.6. The van der Waals surface area contributed by atoms with Crippen molar-refractivity contribution in [2.75, 3.05) is 5.73 Å². The Kier molecular flexibility index (Phi) is 3.67. The summed E-state index contributed by atoms with van der Waals surface area (Å²) in [5.41, 5.74) is 4.64. The van der Waals surface area contributed by atoms with E-state index in [0.717, 1.165) is 12.1 Å². The van der Waals surface area contributed by atoms with Gasteiger partial charge >= 0.3 is 6.18 Å². The highest BCUT2D eigenvalue weighted by Gasteiger charge is 2.35. The Morgan fingerprint density at radius 2 is 2.05 bits per heavy atom. The Bertz CT molecular complexity index is 722. The summed E-state index contributed by atoms with van der Waals surface area (Å²) in [6.07, 6.45) is -3.32. The van der Waals surface area contributed by atoms with Crippen LogP contribution >= 0.6 is 0 Å². The van der Waals surface area contributed by atoms with Crippen LogP contribution in [0.4, 0.5) is 19.1 Å². The molecule has 0 atom stereocenters. The first kappa shape index (κ1) is 14.6. The highest BCUT2D eigenvalue weighted by Crippen LogP contribution is 2.38. The molecule has 0 aliphatic carbocycles. The van der Waals surface area contributed by atoms with Gasteiger partial charge in [0.1, 0.15) is 5.75 Å². The summed E-state index contributed by atoms with van der Waals surface area (Å²) in [5, 5.41) is 8.69. The summed E-state index contributed by atoms with van der Waals surface area (Å²) in [6, 6.07) is 4.66. The van der Waals surface area contributed by atoms with Crippen molar-refractivity contribution < 1.29 is 17.9 Å². The number of nitrogens with two attached hydrogens (primary N) is 1.